The predicted octanol–water partition coefficient (Wildman–Crippen LogP) is 4.96. The van der Waals surface area contributed by atoms with E-state index in [1.165, 1.54) is 0 Å². The molecule has 2 aromatic carbocycles. The van der Waals surface area contributed by atoms with Crippen molar-refractivity contribution in [1.29, 1.82) is 0 Å². The number of para-hydroxylation sites is 1. The fourth-order valence-electron chi connectivity index (χ4n) is 3.23. The number of ether oxygens (including phenoxy) is 1. The van der Waals surface area contributed by atoms with E-state index in [9.17, 15) is 0 Å². The van der Waals surface area contributed by atoms with Gasteiger partial charge in [-0.3, -0.25) is 4.68 Å². The van der Waals surface area contributed by atoms with Crippen molar-refractivity contribution in [3.8, 4) is 5.75 Å². The van der Waals surface area contributed by atoms with Crippen LogP contribution in [0.3, 0.4) is 0 Å². The van der Waals surface area contributed by atoms with Crippen LogP contribution in [0.2, 0.25) is 0 Å². The lowest BCUT2D eigenvalue weighted by Crippen LogP contribution is -1.98. The monoisotopic (exact) mass is 346 g/mol. The van der Waals surface area contributed by atoms with Gasteiger partial charge in [-0.25, -0.2) is 4.98 Å². The van der Waals surface area contributed by atoms with Gasteiger partial charge in [-0.2, -0.15) is 5.10 Å². The van der Waals surface area contributed by atoms with Crippen molar-refractivity contribution in [3.05, 3.63) is 54.2 Å². The number of rotatable bonds is 5. The Balaban J connectivity index is 1.81. The number of hydrogen-bond donors (Lipinski definition) is 1. The molecule has 0 radical (unpaired) electrons. The molecular weight excluding hydrogens is 324 g/mol. The summed E-state index contributed by atoms with van der Waals surface area (Å²) in [6.45, 7) is 4.86. The lowest BCUT2D eigenvalue weighted by molar-refractivity contribution is 0.317. The van der Waals surface area contributed by atoms with Gasteiger partial charge in [0.25, 0.3) is 0 Å². The van der Waals surface area contributed by atoms with Gasteiger partial charge in [0.15, 0.2) is 5.65 Å². The first-order chi connectivity index (χ1) is 12.7. The molecule has 0 aliphatic heterocycles. The highest BCUT2D eigenvalue weighted by Crippen LogP contribution is 2.34. The van der Waals surface area contributed by atoms with Gasteiger partial charge in [0.1, 0.15) is 5.75 Å². The molecule has 0 amide bonds. The zero-order chi connectivity index (χ0) is 18.1. The Kier molecular flexibility index (Phi) is 4.21. The number of nitrogens with one attached hydrogen (secondary N) is 1. The Labute approximate surface area is 152 Å². The SMILES string of the molecule is CCCOc1ccc(Nc2c3ccccc3nc3c2c(C)nn3C)cc1. The second-order valence-corrected chi connectivity index (χ2v) is 6.41. The summed E-state index contributed by atoms with van der Waals surface area (Å²) in [5, 5.41) is 10.3. The predicted molar refractivity (Wildman–Crippen MR) is 106 cm³/mol. The summed E-state index contributed by atoms with van der Waals surface area (Å²) in [7, 11) is 1.93. The normalized spacial score (nSPS) is 11.2. The molecule has 5 nitrogen and oxygen atoms in total. The number of pyridine rings is 1. The Hall–Kier alpha value is -3.08. The van der Waals surface area contributed by atoms with Gasteiger partial charge >= 0.3 is 0 Å². The van der Waals surface area contributed by atoms with E-state index >= 15 is 0 Å². The third-order valence-electron chi connectivity index (χ3n) is 4.44. The topological polar surface area (TPSA) is 52.0 Å². The van der Waals surface area contributed by atoms with E-state index in [4.69, 9.17) is 9.72 Å². The average molecular weight is 346 g/mol. The summed E-state index contributed by atoms with van der Waals surface area (Å²) in [6.07, 6.45) is 1.00. The van der Waals surface area contributed by atoms with Crippen molar-refractivity contribution in [2.75, 3.05) is 11.9 Å². The summed E-state index contributed by atoms with van der Waals surface area (Å²) in [6, 6.07) is 16.2. The second kappa shape index (κ2) is 6.67. The highest BCUT2D eigenvalue weighted by atomic mass is 16.5. The highest BCUT2D eigenvalue weighted by Gasteiger charge is 2.15. The molecule has 0 spiro atoms. The van der Waals surface area contributed by atoms with Gasteiger partial charge < -0.3 is 10.1 Å². The molecule has 2 aromatic heterocycles. The molecule has 0 saturated carbocycles. The van der Waals surface area contributed by atoms with E-state index in [0.29, 0.717) is 0 Å². The highest BCUT2D eigenvalue weighted by molar-refractivity contribution is 6.08. The van der Waals surface area contributed by atoms with Crippen LogP contribution in [0.15, 0.2) is 48.5 Å². The minimum Gasteiger partial charge on any atom is -0.494 e. The molecule has 0 saturated heterocycles. The molecule has 0 fully saturated rings. The van der Waals surface area contributed by atoms with Gasteiger partial charge in [-0.05, 0) is 43.7 Å². The van der Waals surface area contributed by atoms with Gasteiger partial charge in [0.2, 0.25) is 0 Å². The lowest BCUT2D eigenvalue weighted by atomic mass is 10.1. The van der Waals surface area contributed by atoms with Crippen molar-refractivity contribution in [2.45, 2.75) is 20.3 Å². The number of aryl methyl sites for hydroxylation is 2. The number of nitrogens with zero attached hydrogens (tertiary/aromatic N) is 3. The Morgan fingerprint density at radius 1 is 1.08 bits per heavy atom. The van der Waals surface area contributed by atoms with Crippen LogP contribution in [-0.2, 0) is 7.05 Å². The number of anilines is 2. The molecule has 26 heavy (non-hydrogen) atoms. The molecule has 0 unspecified atom stereocenters. The van der Waals surface area contributed by atoms with Crippen molar-refractivity contribution >= 4 is 33.3 Å². The third-order valence-corrected chi connectivity index (χ3v) is 4.44. The fraction of sp³-hybridized carbons (Fsp3) is 0.238. The van der Waals surface area contributed by atoms with Crippen molar-refractivity contribution in [1.82, 2.24) is 14.8 Å². The van der Waals surface area contributed by atoms with E-state index in [1.807, 2.05) is 61.1 Å². The third kappa shape index (κ3) is 2.86. The van der Waals surface area contributed by atoms with Crippen LogP contribution in [0.25, 0.3) is 21.9 Å². The van der Waals surface area contributed by atoms with Gasteiger partial charge in [-0.1, -0.05) is 25.1 Å². The number of benzene rings is 2. The zero-order valence-corrected chi connectivity index (χ0v) is 15.3. The maximum Gasteiger partial charge on any atom is 0.160 e. The van der Waals surface area contributed by atoms with Gasteiger partial charge in [0, 0.05) is 18.1 Å². The van der Waals surface area contributed by atoms with E-state index in [2.05, 4.69) is 23.4 Å². The van der Waals surface area contributed by atoms with Crippen LogP contribution >= 0.6 is 0 Å². The Morgan fingerprint density at radius 2 is 1.85 bits per heavy atom. The molecule has 132 valence electrons. The number of hydrogen-bond acceptors (Lipinski definition) is 4. The maximum atomic E-state index is 5.67. The van der Waals surface area contributed by atoms with Crippen LogP contribution in [0.4, 0.5) is 11.4 Å². The lowest BCUT2D eigenvalue weighted by Gasteiger charge is -2.13. The van der Waals surface area contributed by atoms with Crippen LogP contribution in [-0.4, -0.2) is 21.4 Å². The minimum atomic E-state index is 0.733. The van der Waals surface area contributed by atoms with Crippen LogP contribution < -0.4 is 10.1 Å². The summed E-state index contributed by atoms with van der Waals surface area (Å²) >= 11 is 0. The second-order valence-electron chi connectivity index (χ2n) is 6.41. The average Bonchev–Trinajstić information content (AvgIpc) is 2.94. The first kappa shape index (κ1) is 16.4. The van der Waals surface area contributed by atoms with Crippen molar-refractivity contribution < 1.29 is 4.74 Å². The Bertz CT molecular complexity index is 1070. The first-order valence-electron chi connectivity index (χ1n) is 8.89. The van der Waals surface area contributed by atoms with Crippen LogP contribution in [0.1, 0.15) is 19.0 Å². The van der Waals surface area contributed by atoms with Crippen molar-refractivity contribution in [2.24, 2.45) is 7.05 Å². The molecular formula is C21H22N4O. The standard InChI is InChI=1S/C21H22N4O/c1-4-13-26-16-11-9-15(10-12-16)22-20-17-7-5-6-8-18(17)23-21-19(20)14(2)24-25(21)3/h5-12H,4,13H2,1-3H3,(H,22,23). The molecule has 0 aliphatic rings. The van der Waals surface area contributed by atoms with E-state index < -0.39 is 0 Å². The first-order valence-corrected chi connectivity index (χ1v) is 8.89. The molecule has 2 heterocycles. The van der Waals surface area contributed by atoms with Gasteiger partial charge in [0.05, 0.1) is 28.9 Å². The number of fused-ring (bicyclic) bond motifs is 2. The van der Waals surface area contributed by atoms with Crippen LogP contribution in [0.5, 0.6) is 5.75 Å². The Morgan fingerprint density at radius 3 is 2.62 bits per heavy atom. The summed E-state index contributed by atoms with van der Waals surface area (Å²) in [5.74, 6) is 0.889. The molecule has 0 atom stereocenters. The fourth-order valence-corrected chi connectivity index (χ4v) is 3.23. The zero-order valence-electron chi connectivity index (χ0n) is 15.3. The molecule has 1 N–H and O–H groups in total. The quantitative estimate of drug-likeness (QED) is 0.555. The summed E-state index contributed by atoms with van der Waals surface area (Å²) in [5.41, 5.74) is 4.85. The smallest absolute Gasteiger partial charge is 0.160 e. The largest absolute Gasteiger partial charge is 0.494 e. The number of aromatic nitrogens is 3. The molecule has 0 aliphatic carbocycles. The maximum absolute atomic E-state index is 5.67. The molecule has 4 rings (SSSR count). The van der Waals surface area contributed by atoms with Gasteiger partial charge in [-0.15, -0.1) is 0 Å². The molecule has 5 heteroatoms. The van der Waals surface area contributed by atoms with E-state index in [0.717, 1.165) is 57.8 Å². The summed E-state index contributed by atoms with van der Waals surface area (Å²) in [4.78, 5) is 4.79. The van der Waals surface area contributed by atoms with E-state index in [-0.39, 0.29) is 0 Å². The summed E-state index contributed by atoms with van der Waals surface area (Å²) < 4.78 is 7.51. The van der Waals surface area contributed by atoms with Crippen molar-refractivity contribution in [3.63, 3.8) is 0 Å². The minimum absolute atomic E-state index is 0.733. The molecule has 0 bridgehead atoms. The molecule has 4 aromatic rings. The van der Waals surface area contributed by atoms with Crippen LogP contribution in [0, 0.1) is 6.92 Å². The van der Waals surface area contributed by atoms with E-state index in [1.54, 1.807) is 0 Å².